The molecule has 1 heterocycles. The van der Waals surface area contributed by atoms with E-state index >= 15 is 0 Å². The third kappa shape index (κ3) is 6.07. The molecular formula is C24H30N2O4. The van der Waals surface area contributed by atoms with Crippen LogP contribution in [0.25, 0.3) is 0 Å². The first-order valence-corrected chi connectivity index (χ1v) is 10.5. The van der Waals surface area contributed by atoms with Crippen molar-refractivity contribution in [2.45, 2.75) is 46.2 Å². The Hall–Kier alpha value is -2.86. The molecule has 160 valence electrons. The Morgan fingerprint density at radius 2 is 1.93 bits per heavy atom. The van der Waals surface area contributed by atoms with Gasteiger partial charge in [-0.1, -0.05) is 29.8 Å². The van der Waals surface area contributed by atoms with Crippen LogP contribution in [0.3, 0.4) is 0 Å². The zero-order chi connectivity index (χ0) is 21.5. The number of ether oxygens (including phenoxy) is 1. The lowest BCUT2D eigenvalue weighted by molar-refractivity contribution is -0.122. The fourth-order valence-corrected chi connectivity index (χ4v) is 3.70. The van der Waals surface area contributed by atoms with E-state index in [1.165, 1.54) is 16.7 Å². The lowest BCUT2D eigenvalue weighted by Crippen LogP contribution is -2.37. The predicted molar refractivity (Wildman–Crippen MR) is 116 cm³/mol. The summed E-state index contributed by atoms with van der Waals surface area (Å²) in [5, 5.41) is 12.4. The molecule has 6 nitrogen and oxygen atoms in total. The highest BCUT2D eigenvalue weighted by atomic mass is 16.5. The summed E-state index contributed by atoms with van der Waals surface area (Å²) in [5.74, 6) is -0.389. The Kier molecular flexibility index (Phi) is 7.46. The lowest BCUT2D eigenvalue weighted by atomic mass is 10.0. The predicted octanol–water partition coefficient (Wildman–Crippen LogP) is 3.68. The summed E-state index contributed by atoms with van der Waals surface area (Å²) in [5.41, 5.74) is 4.66. The van der Waals surface area contributed by atoms with Crippen molar-refractivity contribution in [3.8, 4) is 5.75 Å². The first-order chi connectivity index (χ1) is 14.4. The van der Waals surface area contributed by atoms with Gasteiger partial charge in [0, 0.05) is 25.2 Å². The maximum atomic E-state index is 12.5. The molecule has 1 aliphatic rings. The molecule has 2 N–H and O–H groups in total. The number of aryl methyl sites for hydroxylation is 2. The van der Waals surface area contributed by atoms with E-state index in [-0.39, 0.29) is 18.0 Å². The van der Waals surface area contributed by atoms with Crippen molar-refractivity contribution in [3.63, 3.8) is 0 Å². The molecule has 1 amide bonds. The number of fused-ring (bicyclic) bond motifs is 1. The summed E-state index contributed by atoms with van der Waals surface area (Å²) in [6.45, 7) is 6.73. The van der Waals surface area contributed by atoms with Crippen LogP contribution in [0.5, 0.6) is 5.75 Å². The van der Waals surface area contributed by atoms with Crippen molar-refractivity contribution >= 4 is 11.9 Å². The van der Waals surface area contributed by atoms with Crippen molar-refractivity contribution < 1.29 is 19.4 Å². The van der Waals surface area contributed by atoms with Crippen molar-refractivity contribution in [1.82, 2.24) is 10.2 Å². The number of carboxylic acid groups (broad SMARTS) is 1. The SMILES string of the molecule is Cc1ccc(CN2CC(=O)NCCCCCOc3cc(C(=O)O)ccc3C2)c(C)c1. The Morgan fingerprint density at radius 1 is 1.10 bits per heavy atom. The lowest BCUT2D eigenvalue weighted by Gasteiger charge is -2.24. The van der Waals surface area contributed by atoms with Gasteiger partial charge in [0.05, 0.1) is 18.7 Å². The highest BCUT2D eigenvalue weighted by Gasteiger charge is 2.17. The third-order valence-electron chi connectivity index (χ3n) is 5.37. The first kappa shape index (κ1) is 21.8. The quantitative estimate of drug-likeness (QED) is 0.807. The molecule has 0 unspecified atom stereocenters. The number of carbonyl (C=O) groups is 2. The van der Waals surface area contributed by atoms with Crippen LogP contribution in [0.2, 0.25) is 0 Å². The van der Waals surface area contributed by atoms with Crippen LogP contribution in [0.1, 0.15) is 51.9 Å². The second-order valence-electron chi connectivity index (χ2n) is 7.96. The zero-order valence-corrected chi connectivity index (χ0v) is 17.7. The van der Waals surface area contributed by atoms with Crippen LogP contribution in [-0.2, 0) is 17.9 Å². The number of aromatic carboxylic acids is 1. The minimum absolute atomic E-state index is 0.00337. The molecular weight excluding hydrogens is 380 g/mol. The Morgan fingerprint density at radius 3 is 2.70 bits per heavy atom. The number of rotatable bonds is 3. The minimum Gasteiger partial charge on any atom is -0.493 e. The van der Waals surface area contributed by atoms with Crippen LogP contribution >= 0.6 is 0 Å². The molecule has 30 heavy (non-hydrogen) atoms. The van der Waals surface area contributed by atoms with E-state index in [1.54, 1.807) is 18.2 Å². The number of amides is 1. The van der Waals surface area contributed by atoms with E-state index in [0.29, 0.717) is 32.0 Å². The monoisotopic (exact) mass is 410 g/mol. The fraction of sp³-hybridized carbons (Fsp3) is 0.417. The van der Waals surface area contributed by atoms with E-state index < -0.39 is 5.97 Å². The van der Waals surface area contributed by atoms with Crippen molar-refractivity contribution in [1.29, 1.82) is 0 Å². The largest absolute Gasteiger partial charge is 0.493 e. The van der Waals surface area contributed by atoms with Gasteiger partial charge in [-0.25, -0.2) is 4.79 Å². The molecule has 1 aliphatic heterocycles. The number of benzene rings is 2. The summed E-state index contributed by atoms with van der Waals surface area (Å²) < 4.78 is 5.96. The van der Waals surface area contributed by atoms with Gasteiger partial charge in [0.25, 0.3) is 0 Å². The van der Waals surface area contributed by atoms with Crippen LogP contribution < -0.4 is 10.1 Å². The van der Waals surface area contributed by atoms with E-state index in [2.05, 4.69) is 42.3 Å². The maximum Gasteiger partial charge on any atom is 0.335 e. The van der Waals surface area contributed by atoms with Crippen LogP contribution in [-0.4, -0.2) is 41.6 Å². The standard InChI is InChI=1S/C24H30N2O4/c1-17-6-7-20(18(2)12-17)14-26-15-21-9-8-19(24(28)29)13-22(21)30-11-5-3-4-10-25-23(27)16-26/h6-9,12-13H,3-5,10-11,14-16H2,1-2H3,(H,25,27)(H,28,29). The molecule has 0 saturated heterocycles. The van der Waals surface area contributed by atoms with Crippen molar-refractivity contribution in [2.24, 2.45) is 0 Å². The van der Waals surface area contributed by atoms with Crippen molar-refractivity contribution in [2.75, 3.05) is 19.7 Å². The number of hydrogen-bond donors (Lipinski definition) is 2. The third-order valence-corrected chi connectivity index (χ3v) is 5.37. The summed E-state index contributed by atoms with van der Waals surface area (Å²) in [6.07, 6.45) is 2.70. The number of carbonyl (C=O) groups excluding carboxylic acids is 1. The van der Waals surface area contributed by atoms with Crippen LogP contribution in [0, 0.1) is 13.8 Å². The number of nitrogens with zero attached hydrogens (tertiary/aromatic N) is 1. The van der Waals surface area contributed by atoms with Gasteiger partial charge in [-0.05, 0) is 56.4 Å². The van der Waals surface area contributed by atoms with E-state index in [9.17, 15) is 14.7 Å². The zero-order valence-electron chi connectivity index (χ0n) is 17.7. The molecule has 0 aliphatic carbocycles. The molecule has 0 bridgehead atoms. The molecule has 3 rings (SSSR count). The summed E-state index contributed by atoms with van der Waals surface area (Å²) in [4.78, 5) is 26.0. The second kappa shape index (κ2) is 10.3. The van der Waals surface area contributed by atoms with Gasteiger partial charge in [0.1, 0.15) is 5.75 Å². The van der Waals surface area contributed by atoms with E-state index in [0.717, 1.165) is 24.8 Å². The number of carboxylic acids is 1. The molecule has 2 aromatic carbocycles. The Balaban J connectivity index is 1.90. The van der Waals surface area contributed by atoms with Gasteiger partial charge >= 0.3 is 5.97 Å². The normalized spacial score (nSPS) is 16.3. The highest BCUT2D eigenvalue weighted by molar-refractivity contribution is 5.88. The average Bonchev–Trinajstić information content (AvgIpc) is 2.71. The Bertz CT molecular complexity index is 910. The van der Waals surface area contributed by atoms with Gasteiger partial charge in [-0.2, -0.15) is 0 Å². The van der Waals surface area contributed by atoms with Gasteiger partial charge in [-0.3, -0.25) is 9.69 Å². The maximum absolute atomic E-state index is 12.5. The molecule has 0 radical (unpaired) electrons. The highest BCUT2D eigenvalue weighted by Crippen LogP contribution is 2.24. The van der Waals surface area contributed by atoms with Crippen LogP contribution in [0.15, 0.2) is 36.4 Å². The molecule has 0 aromatic heterocycles. The Labute approximate surface area is 177 Å². The smallest absolute Gasteiger partial charge is 0.335 e. The molecule has 0 saturated carbocycles. The van der Waals surface area contributed by atoms with E-state index in [4.69, 9.17) is 4.74 Å². The van der Waals surface area contributed by atoms with E-state index in [1.807, 2.05) is 0 Å². The molecule has 6 heteroatoms. The molecule has 2 aromatic rings. The second-order valence-corrected chi connectivity index (χ2v) is 7.96. The summed E-state index contributed by atoms with van der Waals surface area (Å²) >= 11 is 0. The molecule has 0 fully saturated rings. The first-order valence-electron chi connectivity index (χ1n) is 10.5. The summed E-state index contributed by atoms with van der Waals surface area (Å²) in [7, 11) is 0. The van der Waals surface area contributed by atoms with Crippen LogP contribution in [0.4, 0.5) is 0 Å². The van der Waals surface area contributed by atoms with Gasteiger partial charge in [0.2, 0.25) is 5.91 Å². The van der Waals surface area contributed by atoms with Gasteiger partial charge in [-0.15, -0.1) is 0 Å². The topological polar surface area (TPSA) is 78.9 Å². The summed E-state index contributed by atoms with van der Waals surface area (Å²) in [6, 6.07) is 11.3. The fourth-order valence-electron chi connectivity index (χ4n) is 3.70. The van der Waals surface area contributed by atoms with Gasteiger partial charge < -0.3 is 15.2 Å². The molecule has 0 spiro atoms. The van der Waals surface area contributed by atoms with Gasteiger partial charge in [0.15, 0.2) is 0 Å². The van der Waals surface area contributed by atoms with Crippen molar-refractivity contribution in [3.05, 3.63) is 64.2 Å². The minimum atomic E-state index is -0.976. The molecule has 0 atom stereocenters. The number of nitrogens with one attached hydrogen (secondary N) is 1. The number of hydrogen-bond acceptors (Lipinski definition) is 4. The average molecular weight is 411 g/mol.